The average Bonchev–Trinajstić information content (AvgIpc) is 2.46. The summed E-state index contributed by atoms with van der Waals surface area (Å²) in [7, 11) is 0. The maximum Gasteiger partial charge on any atom is 0.256 e. The molecule has 0 aliphatic carbocycles. The van der Waals surface area contributed by atoms with Gasteiger partial charge in [0.25, 0.3) is 5.91 Å². The van der Waals surface area contributed by atoms with E-state index >= 15 is 0 Å². The average molecular weight is 332 g/mol. The number of piperidine rings is 1. The summed E-state index contributed by atoms with van der Waals surface area (Å²) < 4.78 is 0. The van der Waals surface area contributed by atoms with Gasteiger partial charge in [-0.25, -0.2) is 0 Å². The predicted octanol–water partition coefficient (Wildman–Crippen LogP) is 4.01. The Labute approximate surface area is 147 Å². The van der Waals surface area contributed by atoms with Gasteiger partial charge in [-0.1, -0.05) is 13.8 Å². The van der Waals surface area contributed by atoms with Crippen LogP contribution in [0.2, 0.25) is 0 Å². The molecule has 1 fully saturated rings. The van der Waals surface area contributed by atoms with Crippen molar-refractivity contribution in [3.63, 3.8) is 0 Å². The molecule has 1 heterocycles. The van der Waals surface area contributed by atoms with Crippen molar-refractivity contribution < 1.29 is 4.79 Å². The summed E-state index contributed by atoms with van der Waals surface area (Å²) in [5.74, 6) is 1.21. The van der Waals surface area contributed by atoms with E-state index < -0.39 is 0 Å². The number of amides is 1. The van der Waals surface area contributed by atoms with Crippen molar-refractivity contribution in [2.24, 2.45) is 11.8 Å². The molecule has 134 valence electrons. The third kappa shape index (κ3) is 4.03. The van der Waals surface area contributed by atoms with Crippen molar-refractivity contribution in [2.45, 2.75) is 60.0 Å². The summed E-state index contributed by atoms with van der Waals surface area (Å²) in [5.41, 5.74) is 8.38. The van der Waals surface area contributed by atoms with E-state index in [1.807, 2.05) is 23.1 Å². The third-order valence-corrected chi connectivity index (χ3v) is 4.80. The lowest BCUT2D eigenvalue weighted by Gasteiger charge is -2.38. The van der Waals surface area contributed by atoms with Crippen LogP contribution >= 0.6 is 0 Å². The Morgan fingerprint density at radius 3 is 2.17 bits per heavy atom. The van der Waals surface area contributed by atoms with Gasteiger partial charge in [0.1, 0.15) is 0 Å². The fraction of sp³-hybridized carbons (Fsp3) is 0.650. The molecule has 24 heavy (non-hydrogen) atoms. The van der Waals surface area contributed by atoms with E-state index in [2.05, 4.69) is 46.4 Å². The number of hydrogen-bond donors (Lipinski definition) is 1. The second kappa shape index (κ2) is 7.45. The van der Waals surface area contributed by atoms with Gasteiger partial charge < -0.3 is 15.5 Å². The maximum atomic E-state index is 13.3. The molecule has 2 atom stereocenters. The van der Waals surface area contributed by atoms with Crippen LogP contribution in [0.4, 0.5) is 11.4 Å². The first-order valence-corrected chi connectivity index (χ1v) is 9.17. The number of carbonyl (C=O) groups excluding carboxylic acids is 1. The van der Waals surface area contributed by atoms with Crippen molar-refractivity contribution in [1.29, 1.82) is 0 Å². The second-order valence-corrected chi connectivity index (χ2v) is 8.03. The van der Waals surface area contributed by atoms with Crippen molar-refractivity contribution in [3.05, 3.63) is 23.8 Å². The van der Waals surface area contributed by atoms with E-state index in [4.69, 9.17) is 5.73 Å². The fourth-order valence-electron chi connectivity index (χ4n) is 4.10. The number of nitrogen functional groups attached to an aromatic ring is 1. The molecule has 0 aromatic heterocycles. The van der Waals surface area contributed by atoms with E-state index in [-0.39, 0.29) is 5.91 Å². The zero-order chi connectivity index (χ0) is 18.0. The van der Waals surface area contributed by atoms with Crippen LogP contribution < -0.4 is 10.6 Å². The molecule has 1 aliphatic heterocycles. The maximum absolute atomic E-state index is 13.3. The Morgan fingerprint density at radius 2 is 1.67 bits per heavy atom. The van der Waals surface area contributed by atoms with Crippen molar-refractivity contribution in [2.75, 3.05) is 23.7 Å². The number of anilines is 2. The minimum absolute atomic E-state index is 0.113. The topological polar surface area (TPSA) is 49.6 Å². The summed E-state index contributed by atoms with van der Waals surface area (Å²) in [4.78, 5) is 17.6. The number of hydrogen-bond acceptors (Lipinski definition) is 3. The number of benzene rings is 1. The molecule has 1 aliphatic rings. The summed E-state index contributed by atoms with van der Waals surface area (Å²) in [6, 6.07) is 6.38. The van der Waals surface area contributed by atoms with Gasteiger partial charge in [-0.3, -0.25) is 4.79 Å². The standard InChI is InChI=1S/C20H33N3O/c1-13(2)23(14(3)4)19-8-7-17(21)10-18(19)20(24)22-11-15(5)9-16(6)12-22/h7-8,10,13-16H,9,11-12,21H2,1-6H3. The molecule has 2 rings (SSSR count). The molecule has 0 spiro atoms. The van der Waals surface area contributed by atoms with Crippen LogP contribution in [0.3, 0.4) is 0 Å². The number of nitrogens with two attached hydrogens (primary N) is 1. The summed E-state index contributed by atoms with van der Waals surface area (Å²) in [5, 5.41) is 0. The smallest absolute Gasteiger partial charge is 0.256 e. The summed E-state index contributed by atoms with van der Waals surface area (Å²) in [6.45, 7) is 14.8. The lowest BCUT2D eigenvalue weighted by Crippen LogP contribution is -2.44. The number of likely N-dealkylation sites (tertiary alicyclic amines) is 1. The predicted molar refractivity (Wildman–Crippen MR) is 102 cm³/mol. The lowest BCUT2D eigenvalue weighted by atomic mass is 9.91. The first-order chi connectivity index (χ1) is 11.2. The summed E-state index contributed by atoms with van der Waals surface area (Å²) >= 11 is 0. The molecule has 4 heteroatoms. The van der Waals surface area contributed by atoms with Crippen molar-refractivity contribution in [1.82, 2.24) is 4.90 Å². The highest BCUT2D eigenvalue weighted by molar-refractivity contribution is 6.01. The first kappa shape index (κ1) is 18.6. The van der Waals surface area contributed by atoms with E-state index in [9.17, 15) is 4.79 Å². The van der Waals surface area contributed by atoms with Crippen LogP contribution in [0.25, 0.3) is 0 Å². The molecule has 1 amide bonds. The minimum Gasteiger partial charge on any atom is -0.399 e. The van der Waals surface area contributed by atoms with Gasteiger partial charge in [0.05, 0.1) is 11.3 Å². The Morgan fingerprint density at radius 1 is 1.12 bits per heavy atom. The van der Waals surface area contributed by atoms with Gasteiger partial charge in [-0.15, -0.1) is 0 Å². The Hall–Kier alpha value is -1.71. The zero-order valence-electron chi connectivity index (χ0n) is 16.0. The molecular formula is C20H33N3O. The van der Waals surface area contributed by atoms with Crippen LogP contribution in [0.1, 0.15) is 58.3 Å². The lowest BCUT2D eigenvalue weighted by molar-refractivity contribution is 0.0623. The SMILES string of the molecule is CC1CC(C)CN(C(=O)c2cc(N)ccc2N(C(C)C)C(C)C)C1. The number of rotatable bonds is 4. The van der Waals surface area contributed by atoms with Gasteiger partial charge >= 0.3 is 0 Å². The van der Waals surface area contributed by atoms with Crippen molar-refractivity contribution >= 4 is 17.3 Å². The van der Waals surface area contributed by atoms with E-state index in [1.165, 1.54) is 6.42 Å². The van der Waals surface area contributed by atoms with Crippen LogP contribution in [0.15, 0.2) is 18.2 Å². The molecule has 1 aromatic carbocycles. The van der Waals surface area contributed by atoms with Gasteiger partial charge in [-0.2, -0.15) is 0 Å². The number of carbonyl (C=O) groups is 1. The molecule has 0 bridgehead atoms. The number of nitrogens with zero attached hydrogens (tertiary/aromatic N) is 2. The van der Waals surface area contributed by atoms with E-state index in [0.717, 1.165) is 24.3 Å². The largest absolute Gasteiger partial charge is 0.399 e. The molecule has 0 saturated carbocycles. The van der Waals surface area contributed by atoms with Crippen LogP contribution in [0, 0.1) is 11.8 Å². The Balaban J connectivity index is 2.41. The molecule has 1 saturated heterocycles. The molecule has 2 unspecified atom stereocenters. The van der Waals surface area contributed by atoms with Crippen LogP contribution in [-0.2, 0) is 0 Å². The van der Waals surface area contributed by atoms with Gasteiger partial charge in [0.15, 0.2) is 0 Å². The molecule has 1 aromatic rings. The summed E-state index contributed by atoms with van der Waals surface area (Å²) in [6.07, 6.45) is 1.19. The van der Waals surface area contributed by atoms with Crippen LogP contribution in [-0.4, -0.2) is 36.0 Å². The third-order valence-electron chi connectivity index (χ3n) is 4.80. The van der Waals surface area contributed by atoms with E-state index in [1.54, 1.807) is 0 Å². The highest BCUT2D eigenvalue weighted by atomic mass is 16.2. The zero-order valence-corrected chi connectivity index (χ0v) is 16.0. The van der Waals surface area contributed by atoms with Gasteiger partial charge in [0, 0.05) is 30.9 Å². The van der Waals surface area contributed by atoms with Crippen molar-refractivity contribution in [3.8, 4) is 0 Å². The first-order valence-electron chi connectivity index (χ1n) is 9.17. The van der Waals surface area contributed by atoms with Gasteiger partial charge in [-0.05, 0) is 64.2 Å². The monoisotopic (exact) mass is 331 g/mol. The quantitative estimate of drug-likeness (QED) is 0.848. The molecule has 2 N–H and O–H groups in total. The molecule has 4 nitrogen and oxygen atoms in total. The fourth-order valence-corrected chi connectivity index (χ4v) is 4.10. The highest BCUT2D eigenvalue weighted by Crippen LogP contribution is 2.30. The molecular weight excluding hydrogens is 298 g/mol. The van der Waals surface area contributed by atoms with Gasteiger partial charge in [0.2, 0.25) is 0 Å². The Kier molecular flexibility index (Phi) is 5.79. The van der Waals surface area contributed by atoms with E-state index in [0.29, 0.717) is 29.6 Å². The molecule has 0 radical (unpaired) electrons. The highest BCUT2D eigenvalue weighted by Gasteiger charge is 2.29. The second-order valence-electron chi connectivity index (χ2n) is 8.03. The Bertz CT molecular complexity index is 564. The van der Waals surface area contributed by atoms with Crippen LogP contribution in [0.5, 0.6) is 0 Å². The minimum atomic E-state index is 0.113. The normalized spacial score (nSPS) is 21.4.